The molecule has 0 saturated heterocycles. The minimum absolute atomic E-state index is 0.312. The summed E-state index contributed by atoms with van der Waals surface area (Å²) in [7, 11) is 0. The summed E-state index contributed by atoms with van der Waals surface area (Å²) in [5.74, 6) is -0.0494. The van der Waals surface area contributed by atoms with Gasteiger partial charge in [0.1, 0.15) is 0 Å². The van der Waals surface area contributed by atoms with Crippen LogP contribution in [-0.4, -0.2) is 31.2 Å². The smallest absolute Gasteiger partial charge is 0.344 e. The van der Waals surface area contributed by atoms with E-state index in [1.165, 1.54) is 6.92 Å². The Labute approximate surface area is 146 Å². The first-order valence-electron chi connectivity index (χ1n) is 8.00. The molecule has 0 aliphatic carbocycles. The third-order valence-corrected chi connectivity index (χ3v) is 3.21. The number of hydrogen-bond acceptors (Lipinski definition) is 5. The van der Waals surface area contributed by atoms with Gasteiger partial charge in [-0.25, -0.2) is 4.79 Å². The van der Waals surface area contributed by atoms with Gasteiger partial charge < -0.3 is 19.5 Å². The fourth-order valence-electron chi connectivity index (χ4n) is 2.03. The Bertz CT molecular complexity index is 702. The first-order chi connectivity index (χ1) is 12.1. The molecule has 0 saturated carbocycles. The zero-order chi connectivity index (χ0) is 18.1. The molecule has 0 fully saturated rings. The number of rotatable bonds is 8. The minimum atomic E-state index is -0.932. The predicted octanol–water partition coefficient (Wildman–Crippen LogP) is 3.03. The van der Waals surface area contributed by atoms with Gasteiger partial charge in [0.15, 0.2) is 24.2 Å². The lowest BCUT2D eigenvalue weighted by Gasteiger charge is -2.15. The van der Waals surface area contributed by atoms with Crippen molar-refractivity contribution in [3.8, 4) is 11.5 Å². The number of nitrogens with one attached hydrogen (secondary N) is 1. The Kier molecular flexibility index (Phi) is 6.83. The molecule has 0 unspecified atom stereocenters. The fraction of sp³-hybridized carbons (Fsp3) is 0.263. The standard InChI is InChI=1S/C19H21NO5/c1-3-23-16-11-7-8-12-17(16)24-13-18(21)25-14(2)19(22)20-15-9-5-4-6-10-15/h4-12,14H,3,13H2,1-2H3,(H,20,22)/t14-/m0/s1. The number of anilines is 1. The molecule has 2 aromatic carbocycles. The first-order valence-corrected chi connectivity index (χ1v) is 8.00. The van der Waals surface area contributed by atoms with Crippen LogP contribution >= 0.6 is 0 Å². The van der Waals surface area contributed by atoms with Gasteiger partial charge in [0.05, 0.1) is 6.61 Å². The number of ether oxygens (including phenoxy) is 3. The zero-order valence-corrected chi connectivity index (χ0v) is 14.2. The number of benzene rings is 2. The van der Waals surface area contributed by atoms with Crippen LogP contribution in [-0.2, 0) is 14.3 Å². The quantitative estimate of drug-likeness (QED) is 0.746. The average Bonchev–Trinajstić information content (AvgIpc) is 2.62. The van der Waals surface area contributed by atoms with Crippen LogP contribution in [0.5, 0.6) is 11.5 Å². The summed E-state index contributed by atoms with van der Waals surface area (Å²) in [5.41, 5.74) is 0.636. The van der Waals surface area contributed by atoms with Crippen molar-refractivity contribution in [1.29, 1.82) is 0 Å². The fourth-order valence-corrected chi connectivity index (χ4v) is 2.03. The van der Waals surface area contributed by atoms with Gasteiger partial charge in [-0.05, 0) is 38.1 Å². The van der Waals surface area contributed by atoms with Crippen LogP contribution in [0, 0.1) is 0 Å². The number of amides is 1. The van der Waals surface area contributed by atoms with Crippen molar-refractivity contribution >= 4 is 17.6 Å². The van der Waals surface area contributed by atoms with Crippen molar-refractivity contribution in [3.63, 3.8) is 0 Å². The average molecular weight is 343 g/mol. The molecular formula is C19H21NO5. The van der Waals surface area contributed by atoms with Crippen LogP contribution in [0.2, 0.25) is 0 Å². The molecule has 25 heavy (non-hydrogen) atoms. The van der Waals surface area contributed by atoms with Gasteiger partial charge in [-0.3, -0.25) is 4.79 Å². The molecule has 0 bridgehead atoms. The van der Waals surface area contributed by atoms with Crippen LogP contribution < -0.4 is 14.8 Å². The molecule has 1 amide bonds. The monoisotopic (exact) mass is 343 g/mol. The van der Waals surface area contributed by atoms with E-state index in [2.05, 4.69) is 5.32 Å². The normalized spacial score (nSPS) is 11.3. The van der Waals surface area contributed by atoms with Crippen molar-refractivity contribution in [2.24, 2.45) is 0 Å². The highest BCUT2D eigenvalue weighted by Crippen LogP contribution is 2.26. The summed E-state index contributed by atoms with van der Waals surface area (Å²) in [4.78, 5) is 23.9. The molecular weight excluding hydrogens is 322 g/mol. The maximum Gasteiger partial charge on any atom is 0.344 e. The van der Waals surface area contributed by atoms with Crippen molar-refractivity contribution in [1.82, 2.24) is 0 Å². The van der Waals surface area contributed by atoms with E-state index in [1.54, 1.807) is 42.5 Å². The second-order valence-corrected chi connectivity index (χ2v) is 5.16. The summed E-state index contributed by atoms with van der Waals surface area (Å²) < 4.78 is 15.9. The molecule has 0 aromatic heterocycles. The molecule has 0 radical (unpaired) electrons. The molecule has 2 rings (SSSR count). The number of para-hydroxylation sites is 3. The Hall–Kier alpha value is -3.02. The first kappa shape index (κ1) is 18.3. The van der Waals surface area contributed by atoms with E-state index < -0.39 is 18.0 Å². The summed E-state index contributed by atoms with van der Waals surface area (Å²) in [6, 6.07) is 16.0. The van der Waals surface area contributed by atoms with E-state index >= 15 is 0 Å². The van der Waals surface area contributed by atoms with Gasteiger partial charge in [-0.1, -0.05) is 30.3 Å². The van der Waals surface area contributed by atoms with E-state index in [0.29, 0.717) is 23.8 Å². The van der Waals surface area contributed by atoms with Gasteiger partial charge >= 0.3 is 5.97 Å². The molecule has 0 heterocycles. The Balaban J connectivity index is 1.82. The van der Waals surface area contributed by atoms with Crippen LogP contribution in [0.3, 0.4) is 0 Å². The lowest BCUT2D eigenvalue weighted by Crippen LogP contribution is -2.31. The number of carbonyl (C=O) groups is 2. The van der Waals surface area contributed by atoms with Crippen LogP contribution in [0.4, 0.5) is 5.69 Å². The highest BCUT2D eigenvalue weighted by molar-refractivity contribution is 5.95. The second-order valence-electron chi connectivity index (χ2n) is 5.16. The van der Waals surface area contributed by atoms with Crippen molar-refractivity contribution in [3.05, 3.63) is 54.6 Å². The van der Waals surface area contributed by atoms with Crippen molar-refractivity contribution in [2.75, 3.05) is 18.5 Å². The lowest BCUT2D eigenvalue weighted by molar-refractivity contribution is -0.155. The maximum atomic E-state index is 12.0. The lowest BCUT2D eigenvalue weighted by atomic mass is 10.3. The zero-order valence-electron chi connectivity index (χ0n) is 14.2. The van der Waals surface area contributed by atoms with Gasteiger partial charge in [0.25, 0.3) is 5.91 Å². The number of hydrogen-bond donors (Lipinski definition) is 1. The molecule has 0 aliphatic rings. The molecule has 1 N–H and O–H groups in total. The van der Waals surface area contributed by atoms with Gasteiger partial charge in [-0.2, -0.15) is 0 Å². The Morgan fingerprint density at radius 2 is 1.56 bits per heavy atom. The van der Waals surface area contributed by atoms with E-state index in [1.807, 2.05) is 19.1 Å². The van der Waals surface area contributed by atoms with Crippen LogP contribution in [0.1, 0.15) is 13.8 Å². The summed E-state index contributed by atoms with van der Waals surface area (Å²) >= 11 is 0. The SMILES string of the molecule is CCOc1ccccc1OCC(=O)O[C@@H](C)C(=O)Nc1ccccc1. The second kappa shape index (κ2) is 9.32. The van der Waals surface area contributed by atoms with Gasteiger partial charge in [-0.15, -0.1) is 0 Å². The van der Waals surface area contributed by atoms with E-state index in [9.17, 15) is 9.59 Å². The van der Waals surface area contributed by atoms with Crippen LogP contribution in [0.25, 0.3) is 0 Å². The third-order valence-electron chi connectivity index (χ3n) is 3.21. The maximum absolute atomic E-state index is 12.0. The molecule has 6 heteroatoms. The van der Waals surface area contributed by atoms with Gasteiger partial charge in [0.2, 0.25) is 0 Å². The van der Waals surface area contributed by atoms with E-state index in [-0.39, 0.29) is 6.61 Å². The van der Waals surface area contributed by atoms with Crippen molar-refractivity contribution < 1.29 is 23.8 Å². The number of carbonyl (C=O) groups excluding carboxylic acids is 2. The minimum Gasteiger partial charge on any atom is -0.490 e. The Morgan fingerprint density at radius 1 is 0.960 bits per heavy atom. The predicted molar refractivity (Wildman–Crippen MR) is 93.7 cm³/mol. The molecule has 2 aromatic rings. The highest BCUT2D eigenvalue weighted by atomic mass is 16.6. The summed E-state index contributed by atoms with van der Waals surface area (Å²) in [6.07, 6.45) is -0.932. The summed E-state index contributed by atoms with van der Waals surface area (Å²) in [5, 5.41) is 2.67. The molecule has 0 spiro atoms. The topological polar surface area (TPSA) is 73.9 Å². The van der Waals surface area contributed by atoms with E-state index in [4.69, 9.17) is 14.2 Å². The Morgan fingerprint density at radius 3 is 2.20 bits per heavy atom. The largest absolute Gasteiger partial charge is 0.490 e. The molecule has 132 valence electrons. The van der Waals surface area contributed by atoms with Gasteiger partial charge in [0, 0.05) is 5.69 Å². The number of esters is 1. The molecule has 6 nitrogen and oxygen atoms in total. The van der Waals surface area contributed by atoms with Crippen LogP contribution in [0.15, 0.2) is 54.6 Å². The van der Waals surface area contributed by atoms with Crippen molar-refractivity contribution in [2.45, 2.75) is 20.0 Å². The highest BCUT2D eigenvalue weighted by Gasteiger charge is 2.18. The molecule has 0 aliphatic heterocycles. The third kappa shape index (κ3) is 5.84. The van der Waals surface area contributed by atoms with E-state index in [0.717, 1.165) is 0 Å². The molecule has 1 atom stereocenters. The summed E-state index contributed by atoms with van der Waals surface area (Å²) in [6.45, 7) is 3.54.